The van der Waals surface area contributed by atoms with E-state index in [-0.39, 0.29) is 48.3 Å². The molecule has 40 heavy (non-hydrogen) atoms. The van der Waals surface area contributed by atoms with E-state index in [0.717, 1.165) is 11.9 Å². The second-order valence-corrected chi connectivity index (χ2v) is 13.3. The first-order valence-corrected chi connectivity index (χ1v) is 15.3. The van der Waals surface area contributed by atoms with Gasteiger partial charge in [0.25, 0.3) is 0 Å². The number of likely N-dealkylation sites (tertiary alicyclic amines) is 1. The average Bonchev–Trinajstić information content (AvgIpc) is 3.67. The van der Waals surface area contributed by atoms with Gasteiger partial charge < -0.3 is 19.6 Å². The molecule has 0 saturated carbocycles. The van der Waals surface area contributed by atoms with Gasteiger partial charge in [-0.3, -0.25) is 14.4 Å². The fraction of sp³-hybridized carbons (Fsp3) is 0.536. The number of hydrogen-bond acceptors (Lipinski definition) is 8. The van der Waals surface area contributed by atoms with Crippen LogP contribution < -0.4 is 0 Å². The molecule has 5 rings (SSSR count). The minimum atomic E-state index is -0.879. The van der Waals surface area contributed by atoms with Gasteiger partial charge in [-0.25, -0.2) is 4.68 Å². The zero-order valence-electron chi connectivity index (χ0n) is 22.4. The summed E-state index contributed by atoms with van der Waals surface area (Å²) in [6.45, 7) is 9.54. The molecule has 7 atom stereocenters. The van der Waals surface area contributed by atoms with Gasteiger partial charge in [-0.05, 0) is 38.3 Å². The quantitative estimate of drug-likeness (QED) is 0.164. The van der Waals surface area contributed by atoms with Crippen LogP contribution >= 0.6 is 27.7 Å². The Labute approximate surface area is 245 Å². The molecule has 214 valence electrons. The molecular weight excluding hydrogens is 598 g/mol. The number of aromatic nitrogens is 3. The molecule has 2 bridgehead atoms. The smallest absolute Gasteiger partial charge is 0.310 e. The number of carbonyl (C=O) groups is 3. The molecule has 2 aromatic rings. The zero-order chi connectivity index (χ0) is 28.6. The number of halogens is 1. The number of unbranched alkanes of at least 4 members (excludes halogenated alkanes) is 1. The lowest BCUT2D eigenvalue weighted by atomic mass is 9.71. The number of nitrogens with zero attached hydrogens (tertiary/aromatic N) is 5. The number of alkyl halides is 1. The molecule has 3 unspecified atom stereocenters. The third-order valence-electron chi connectivity index (χ3n) is 8.16. The van der Waals surface area contributed by atoms with E-state index < -0.39 is 34.6 Å². The highest BCUT2D eigenvalue weighted by atomic mass is 79.9. The normalized spacial score (nSPS) is 29.4. The maximum Gasteiger partial charge on any atom is 0.310 e. The standard InChI is InChI=1S/C28H34BrN5O5S/c1-4-6-9-13-39-27(38)21-22-25(36)34(17(3)15-35)24(28(22)14-18(29)23(21)40-28)26(37)32(12-5-2)16-33-20-11-8-7-10-19(20)30-31-33/h4-5,7-8,10-11,17-18,21-24,35H,1-2,6,9,12-16H2,3H3/t17-,18?,21+,22+,23+,24?,28?/m1/s1. The van der Waals surface area contributed by atoms with Gasteiger partial charge in [-0.1, -0.05) is 45.4 Å². The van der Waals surface area contributed by atoms with Crippen LogP contribution in [-0.2, 0) is 25.8 Å². The summed E-state index contributed by atoms with van der Waals surface area (Å²) in [6.07, 6.45) is 5.33. The number of esters is 1. The minimum Gasteiger partial charge on any atom is -0.465 e. The molecule has 3 saturated heterocycles. The minimum absolute atomic E-state index is 0.0703. The van der Waals surface area contributed by atoms with Crippen LogP contribution in [0.2, 0.25) is 0 Å². The Morgan fingerprint density at radius 3 is 2.85 bits per heavy atom. The summed E-state index contributed by atoms with van der Waals surface area (Å²) >= 11 is 5.30. The van der Waals surface area contributed by atoms with Gasteiger partial charge in [-0.2, -0.15) is 0 Å². The van der Waals surface area contributed by atoms with Crippen LogP contribution in [0.15, 0.2) is 49.6 Å². The van der Waals surface area contributed by atoms with Gasteiger partial charge in [0.1, 0.15) is 18.2 Å². The van der Waals surface area contributed by atoms with Gasteiger partial charge in [0.2, 0.25) is 11.8 Å². The summed E-state index contributed by atoms with van der Waals surface area (Å²) in [5.74, 6) is -2.37. The third kappa shape index (κ3) is 4.67. The first-order valence-electron chi connectivity index (χ1n) is 13.5. The van der Waals surface area contributed by atoms with E-state index in [1.165, 1.54) is 16.7 Å². The SMILES string of the molecule is C=CCCCOC(=O)[C@H]1[C@H]2C(=O)N([C@H](C)CO)C(C(=O)N(CC=C)Cn3nnc4ccccc43)C23CC(Br)[C@@H]1S3. The third-order valence-corrected chi connectivity index (χ3v) is 11.4. The molecule has 0 aliphatic carbocycles. The first-order chi connectivity index (χ1) is 19.3. The topological polar surface area (TPSA) is 118 Å². The van der Waals surface area contributed by atoms with Crippen molar-refractivity contribution in [3.63, 3.8) is 0 Å². The number of hydrogen-bond donors (Lipinski definition) is 1. The van der Waals surface area contributed by atoms with E-state index in [1.807, 2.05) is 24.3 Å². The molecule has 0 radical (unpaired) electrons. The van der Waals surface area contributed by atoms with Crippen LogP contribution in [0.1, 0.15) is 26.2 Å². The lowest BCUT2D eigenvalue weighted by Crippen LogP contribution is -2.57. The predicted octanol–water partition coefficient (Wildman–Crippen LogP) is 2.76. The highest BCUT2D eigenvalue weighted by Crippen LogP contribution is 2.68. The van der Waals surface area contributed by atoms with E-state index >= 15 is 0 Å². The van der Waals surface area contributed by atoms with Crippen LogP contribution in [-0.4, -0.2) is 94.4 Å². The van der Waals surface area contributed by atoms with Crippen molar-refractivity contribution in [2.45, 2.75) is 59.8 Å². The number of aliphatic hydroxyl groups is 1. The summed E-state index contributed by atoms with van der Waals surface area (Å²) in [5.41, 5.74) is 1.49. The first kappa shape index (κ1) is 28.8. The average molecular weight is 633 g/mol. The Balaban J connectivity index is 1.50. The van der Waals surface area contributed by atoms with Crippen molar-refractivity contribution >= 4 is 56.5 Å². The molecule has 3 aliphatic heterocycles. The summed E-state index contributed by atoms with van der Waals surface area (Å²) < 4.78 is 6.44. The summed E-state index contributed by atoms with van der Waals surface area (Å²) in [6, 6.07) is 5.99. The molecule has 1 N–H and O–H groups in total. The fourth-order valence-electron chi connectivity index (χ4n) is 6.40. The molecule has 12 heteroatoms. The van der Waals surface area contributed by atoms with Crippen molar-refractivity contribution in [3.8, 4) is 0 Å². The van der Waals surface area contributed by atoms with Gasteiger partial charge >= 0.3 is 5.97 Å². The van der Waals surface area contributed by atoms with Crippen molar-refractivity contribution < 1.29 is 24.2 Å². The molecule has 1 aromatic heterocycles. The van der Waals surface area contributed by atoms with Crippen LogP contribution in [0.5, 0.6) is 0 Å². The van der Waals surface area contributed by atoms with Crippen LogP contribution in [0.25, 0.3) is 11.0 Å². The Hall–Kier alpha value is -2.70. The largest absolute Gasteiger partial charge is 0.465 e. The molecule has 10 nitrogen and oxygen atoms in total. The summed E-state index contributed by atoms with van der Waals surface area (Å²) in [7, 11) is 0. The number of fused-ring (bicyclic) bond motifs is 2. The van der Waals surface area contributed by atoms with E-state index in [2.05, 4.69) is 39.4 Å². The number of thioether (sulfide) groups is 1. The maximum atomic E-state index is 14.5. The number of rotatable bonds is 12. The van der Waals surface area contributed by atoms with E-state index in [0.29, 0.717) is 18.4 Å². The highest BCUT2D eigenvalue weighted by Gasteiger charge is 2.76. The molecule has 3 fully saturated rings. The zero-order valence-corrected chi connectivity index (χ0v) is 24.8. The highest BCUT2D eigenvalue weighted by molar-refractivity contribution is 9.09. The number of amides is 2. The molecule has 4 heterocycles. The maximum absolute atomic E-state index is 14.5. The second-order valence-electron chi connectivity index (χ2n) is 10.6. The molecule has 1 aromatic carbocycles. The fourth-order valence-corrected chi connectivity index (χ4v) is 9.99. The van der Waals surface area contributed by atoms with Crippen molar-refractivity contribution in [3.05, 3.63) is 49.6 Å². The van der Waals surface area contributed by atoms with Crippen LogP contribution in [0, 0.1) is 11.8 Å². The Kier molecular flexibility index (Phi) is 8.40. The number of aliphatic hydroxyl groups excluding tert-OH is 1. The lowest BCUT2D eigenvalue weighted by molar-refractivity contribution is -0.154. The van der Waals surface area contributed by atoms with Crippen molar-refractivity contribution in [1.29, 1.82) is 0 Å². The Morgan fingerprint density at radius 2 is 2.12 bits per heavy atom. The Bertz CT molecular complexity index is 1320. The van der Waals surface area contributed by atoms with Crippen molar-refractivity contribution in [1.82, 2.24) is 24.8 Å². The van der Waals surface area contributed by atoms with Crippen molar-refractivity contribution in [2.75, 3.05) is 19.8 Å². The monoisotopic (exact) mass is 631 g/mol. The van der Waals surface area contributed by atoms with E-state index in [4.69, 9.17) is 4.74 Å². The van der Waals surface area contributed by atoms with Gasteiger partial charge in [-0.15, -0.1) is 30.0 Å². The summed E-state index contributed by atoms with van der Waals surface area (Å²) in [4.78, 5) is 45.1. The number of carbonyl (C=O) groups excluding carboxylic acids is 3. The lowest BCUT2D eigenvalue weighted by Gasteiger charge is -2.39. The predicted molar refractivity (Wildman–Crippen MR) is 155 cm³/mol. The van der Waals surface area contributed by atoms with Gasteiger partial charge in [0.15, 0.2) is 0 Å². The van der Waals surface area contributed by atoms with E-state index in [1.54, 1.807) is 28.7 Å². The molecule has 3 aliphatic rings. The Morgan fingerprint density at radius 1 is 1.35 bits per heavy atom. The molecule has 2 amide bonds. The van der Waals surface area contributed by atoms with Gasteiger partial charge in [0.05, 0.1) is 41.4 Å². The molecule has 1 spiro atoms. The van der Waals surface area contributed by atoms with Crippen LogP contribution in [0.3, 0.4) is 0 Å². The van der Waals surface area contributed by atoms with Crippen LogP contribution in [0.4, 0.5) is 0 Å². The number of para-hydroxylation sites is 1. The second kappa shape index (κ2) is 11.7. The van der Waals surface area contributed by atoms with E-state index in [9.17, 15) is 19.5 Å². The van der Waals surface area contributed by atoms with Gasteiger partial charge in [0, 0.05) is 16.6 Å². The van der Waals surface area contributed by atoms with Crippen molar-refractivity contribution in [2.24, 2.45) is 11.8 Å². The number of ether oxygens (including phenoxy) is 1. The summed E-state index contributed by atoms with van der Waals surface area (Å²) in [5, 5.41) is 18.4. The molecular formula is C28H34BrN5O5S. The number of benzene rings is 1. The number of allylic oxidation sites excluding steroid dienone is 1.